The fourth-order valence-electron chi connectivity index (χ4n) is 2.94. The average molecular weight is 302 g/mol. The second-order valence-electron chi connectivity index (χ2n) is 5.80. The highest BCUT2D eigenvalue weighted by Gasteiger charge is 2.33. The largest absolute Gasteiger partial charge is 0.351 e. The van der Waals surface area contributed by atoms with Gasteiger partial charge in [-0.1, -0.05) is 11.3 Å². The van der Waals surface area contributed by atoms with Crippen LogP contribution in [-0.2, 0) is 12.8 Å². The molecule has 3 heterocycles. The Hall–Kier alpha value is -1.76. The first-order chi connectivity index (χ1) is 10.2. The summed E-state index contributed by atoms with van der Waals surface area (Å²) in [6.07, 6.45) is 3.46. The van der Waals surface area contributed by atoms with Crippen molar-refractivity contribution in [2.75, 3.05) is 29.9 Å². The Morgan fingerprint density at radius 1 is 1.19 bits per heavy atom. The minimum absolute atomic E-state index is 0.479. The first-order valence-electron chi connectivity index (χ1n) is 7.34. The second-order valence-corrected chi connectivity index (χ2v) is 6.96. The molecule has 0 amide bonds. The van der Waals surface area contributed by atoms with Crippen LogP contribution >= 0.6 is 11.3 Å². The summed E-state index contributed by atoms with van der Waals surface area (Å²) in [4.78, 5) is 4.52. The van der Waals surface area contributed by atoms with Crippen molar-refractivity contribution in [3.63, 3.8) is 0 Å². The van der Waals surface area contributed by atoms with Crippen molar-refractivity contribution in [2.24, 2.45) is 0 Å². The fraction of sp³-hybridized carbons (Fsp3) is 0.571. The smallest absolute Gasteiger partial charge is 0.208 e. The number of aromatic nitrogens is 4. The van der Waals surface area contributed by atoms with Crippen LogP contribution in [0, 0.1) is 6.92 Å². The average Bonchev–Trinajstić information content (AvgIpc) is 3.04. The van der Waals surface area contributed by atoms with Crippen LogP contribution < -0.4 is 9.80 Å². The molecule has 1 aliphatic heterocycles. The summed E-state index contributed by atoms with van der Waals surface area (Å²) in [6.45, 7) is 3.94. The molecular weight excluding hydrogens is 284 g/mol. The second kappa shape index (κ2) is 4.91. The fourth-order valence-corrected chi connectivity index (χ4v) is 3.66. The van der Waals surface area contributed by atoms with Crippen molar-refractivity contribution in [3.8, 4) is 0 Å². The van der Waals surface area contributed by atoms with Crippen LogP contribution in [0.3, 0.4) is 0 Å². The number of likely N-dealkylation sites (N-methyl/N-ethyl adjacent to an activating group) is 1. The van der Waals surface area contributed by atoms with Crippen LogP contribution in [0.1, 0.15) is 22.7 Å². The minimum atomic E-state index is 0.479. The third-order valence-corrected chi connectivity index (χ3v) is 5.29. The Balaban J connectivity index is 1.43. The predicted molar refractivity (Wildman–Crippen MR) is 83.1 cm³/mol. The highest BCUT2D eigenvalue weighted by atomic mass is 32.1. The van der Waals surface area contributed by atoms with Crippen LogP contribution in [0.4, 0.5) is 10.9 Å². The lowest BCUT2D eigenvalue weighted by atomic mass is 10.1. The van der Waals surface area contributed by atoms with Crippen LogP contribution in [0.25, 0.3) is 0 Å². The number of rotatable bonds is 3. The summed E-state index contributed by atoms with van der Waals surface area (Å²) in [5, 5.41) is 19.0. The minimum Gasteiger partial charge on any atom is -0.351 e. The third-order valence-electron chi connectivity index (χ3n) is 4.36. The van der Waals surface area contributed by atoms with Gasteiger partial charge in [0.05, 0.1) is 11.7 Å². The molecule has 0 saturated carbocycles. The Morgan fingerprint density at radius 2 is 2.05 bits per heavy atom. The predicted octanol–water partition coefficient (Wildman–Crippen LogP) is 1.45. The lowest BCUT2D eigenvalue weighted by Gasteiger charge is -2.44. The molecule has 6 nitrogen and oxygen atoms in total. The van der Waals surface area contributed by atoms with E-state index < -0.39 is 0 Å². The van der Waals surface area contributed by atoms with Gasteiger partial charge in [-0.2, -0.15) is 5.10 Å². The molecule has 0 unspecified atom stereocenters. The van der Waals surface area contributed by atoms with Gasteiger partial charge >= 0.3 is 0 Å². The van der Waals surface area contributed by atoms with Gasteiger partial charge in [0, 0.05) is 20.1 Å². The van der Waals surface area contributed by atoms with E-state index in [4.69, 9.17) is 0 Å². The maximum Gasteiger partial charge on any atom is 0.208 e. The van der Waals surface area contributed by atoms with Gasteiger partial charge in [-0.25, -0.2) is 0 Å². The van der Waals surface area contributed by atoms with Crippen molar-refractivity contribution in [3.05, 3.63) is 22.3 Å². The highest BCUT2D eigenvalue weighted by Crippen LogP contribution is 2.28. The number of anilines is 2. The van der Waals surface area contributed by atoms with Gasteiger partial charge in [0.1, 0.15) is 5.01 Å². The van der Waals surface area contributed by atoms with E-state index in [1.807, 2.05) is 6.92 Å². The Labute approximate surface area is 127 Å². The zero-order chi connectivity index (χ0) is 14.4. The molecule has 2 aromatic heterocycles. The van der Waals surface area contributed by atoms with Crippen molar-refractivity contribution in [1.82, 2.24) is 20.4 Å². The van der Waals surface area contributed by atoms with E-state index in [-0.39, 0.29) is 0 Å². The number of fused-ring (bicyclic) bond motifs is 1. The quantitative estimate of drug-likeness (QED) is 0.855. The number of aryl methyl sites for hydroxylation is 3. The molecule has 1 aliphatic carbocycles. The number of hydrogen-bond donors (Lipinski definition) is 0. The Bertz CT molecular complexity index is 663. The molecule has 21 heavy (non-hydrogen) atoms. The Morgan fingerprint density at radius 3 is 2.81 bits per heavy atom. The molecule has 4 rings (SSSR count). The highest BCUT2D eigenvalue weighted by molar-refractivity contribution is 7.15. The number of hydrogen-bond acceptors (Lipinski definition) is 7. The van der Waals surface area contributed by atoms with E-state index in [1.54, 1.807) is 11.3 Å². The number of nitrogens with zero attached hydrogens (tertiary/aromatic N) is 6. The van der Waals surface area contributed by atoms with Crippen LogP contribution in [0.5, 0.6) is 0 Å². The van der Waals surface area contributed by atoms with Crippen LogP contribution in [0.2, 0.25) is 0 Å². The van der Waals surface area contributed by atoms with E-state index in [2.05, 4.69) is 43.3 Å². The molecule has 7 heteroatoms. The molecule has 1 saturated heterocycles. The van der Waals surface area contributed by atoms with Gasteiger partial charge in [0.15, 0.2) is 5.82 Å². The monoisotopic (exact) mass is 302 g/mol. The molecule has 1 fully saturated rings. The zero-order valence-electron chi connectivity index (χ0n) is 12.3. The van der Waals surface area contributed by atoms with Crippen molar-refractivity contribution in [2.45, 2.75) is 32.2 Å². The standard InChI is InChI=1S/C14H18N6S/c1-9-15-18-14(21-9)19(2)11-7-20(8-11)13-6-10-4-3-5-12(10)16-17-13/h6,11H,3-5,7-8H2,1-2H3. The summed E-state index contributed by atoms with van der Waals surface area (Å²) in [5.41, 5.74) is 2.58. The normalized spacial score (nSPS) is 17.7. The van der Waals surface area contributed by atoms with E-state index in [0.717, 1.165) is 41.9 Å². The topological polar surface area (TPSA) is 58.0 Å². The van der Waals surface area contributed by atoms with Gasteiger partial charge in [-0.05, 0) is 37.8 Å². The molecule has 2 aromatic rings. The molecule has 110 valence electrons. The van der Waals surface area contributed by atoms with Gasteiger partial charge in [-0.3, -0.25) is 0 Å². The van der Waals surface area contributed by atoms with Crippen molar-refractivity contribution >= 4 is 22.3 Å². The summed E-state index contributed by atoms with van der Waals surface area (Å²) >= 11 is 1.64. The summed E-state index contributed by atoms with van der Waals surface area (Å²) in [7, 11) is 2.09. The molecule has 2 aliphatic rings. The Kier molecular flexibility index (Phi) is 3.02. The molecular formula is C14H18N6S. The molecule has 0 radical (unpaired) electrons. The van der Waals surface area contributed by atoms with E-state index in [0.29, 0.717) is 6.04 Å². The lowest BCUT2D eigenvalue weighted by molar-refractivity contribution is 0.489. The molecule has 0 atom stereocenters. The maximum absolute atomic E-state index is 4.38. The maximum atomic E-state index is 4.38. The van der Waals surface area contributed by atoms with Gasteiger partial charge in [-0.15, -0.1) is 15.3 Å². The summed E-state index contributed by atoms with van der Waals surface area (Å²) in [6, 6.07) is 2.70. The molecule has 0 spiro atoms. The molecule has 0 N–H and O–H groups in total. The first kappa shape index (κ1) is 12.9. The third kappa shape index (κ3) is 2.25. The lowest BCUT2D eigenvalue weighted by Crippen LogP contribution is -2.59. The van der Waals surface area contributed by atoms with E-state index in [9.17, 15) is 0 Å². The van der Waals surface area contributed by atoms with Gasteiger partial charge < -0.3 is 9.80 Å². The van der Waals surface area contributed by atoms with Gasteiger partial charge in [0.25, 0.3) is 0 Å². The van der Waals surface area contributed by atoms with Gasteiger partial charge in [0.2, 0.25) is 5.13 Å². The zero-order valence-corrected chi connectivity index (χ0v) is 13.1. The molecule has 0 bridgehead atoms. The summed E-state index contributed by atoms with van der Waals surface area (Å²) in [5.74, 6) is 1.02. The van der Waals surface area contributed by atoms with E-state index >= 15 is 0 Å². The van der Waals surface area contributed by atoms with Crippen LogP contribution in [0.15, 0.2) is 6.07 Å². The van der Waals surface area contributed by atoms with Crippen molar-refractivity contribution in [1.29, 1.82) is 0 Å². The van der Waals surface area contributed by atoms with Crippen molar-refractivity contribution < 1.29 is 0 Å². The summed E-state index contributed by atoms with van der Waals surface area (Å²) < 4.78 is 0. The van der Waals surface area contributed by atoms with Crippen LogP contribution in [-0.4, -0.2) is 46.6 Å². The SMILES string of the molecule is Cc1nnc(N(C)C2CN(c3cc4c(nn3)CCC4)C2)s1. The molecule has 0 aromatic carbocycles. The first-order valence-corrected chi connectivity index (χ1v) is 8.16. The van der Waals surface area contributed by atoms with E-state index in [1.165, 1.54) is 17.7 Å².